The number of nitrogens with zero attached hydrogens (tertiary/aromatic N) is 2. The van der Waals surface area contributed by atoms with E-state index in [4.69, 9.17) is 5.73 Å². The van der Waals surface area contributed by atoms with Crippen molar-refractivity contribution in [2.24, 2.45) is 5.73 Å². The van der Waals surface area contributed by atoms with Crippen molar-refractivity contribution in [1.82, 2.24) is 9.88 Å². The number of primary amides is 1. The van der Waals surface area contributed by atoms with Crippen LogP contribution in [0.4, 0.5) is 0 Å². The highest BCUT2D eigenvalue weighted by atomic mass is 32.2. The summed E-state index contributed by atoms with van der Waals surface area (Å²) in [6, 6.07) is 4.37. The van der Waals surface area contributed by atoms with E-state index in [0.717, 1.165) is 34.3 Å². The van der Waals surface area contributed by atoms with Gasteiger partial charge in [0.1, 0.15) is 0 Å². The van der Waals surface area contributed by atoms with Crippen LogP contribution < -0.4 is 5.73 Å². The molecule has 5 nitrogen and oxygen atoms in total. The lowest BCUT2D eigenvalue weighted by Gasteiger charge is -2.23. The van der Waals surface area contributed by atoms with Crippen molar-refractivity contribution in [3.8, 4) is 0 Å². The van der Waals surface area contributed by atoms with E-state index in [-0.39, 0.29) is 24.3 Å². The van der Waals surface area contributed by atoms with Crippen molar-refractivity contribution >= 4 is 46.2 Å². The summed E-state index contributed by atoms with van der Waals surface area (Å²) >= 11 is 4.61. The summed E-state index contributed by atoms with van der Waals surface area (Å²) in [4.78, 5) is 32.2. The molecule has 0 spiro atoms. The first kappa shape index (κ1) is 17.4. The van der Waals surface area contributed by atoms with Crippen LogP contribution in [0.1, 0.15) is 34.3 Å². The number of rotatable bonds is 6. The largest absolute Gasteiger partial charge is 0.369 e. The molecule has 3 heterocycles. The van der Waals surface area contributed by atoms with Gasteiger partial charge in [-0.05, 0) is 31.2 Å². The predicted octanol–water partition coefficient (Wildman–Crippen LogP) is 3.00. The van der Waals surface area contributed by atoms with Crippen LogP contribution in [0.25, 0.3) is 0 Å². The van der Waals surface area contributed by atoms with E-state index in [1.165, 1.54) is 28.0 Å². The van der Waals surface area contributed by atoms with Crippen LogP contribution in [-0.2, 0) is 16.0 Å². The number of aryl methyl sites for hydroxylation is 1. The van der Waals surface area contributed by atoms with Gasteiger partial charge in [-0.3, -0.25) is 9.59 Å². The van der Waals surface area contributed by atoms with E-state index in [0.29, 0.717) is 5.75 Å². The van der Waals surface area contributed by atoms with Gasteiger partial charge in [-0.1, -0.05) is 17.8 Å². The second-order valence-corrected chi connectivity index (χ2v) is 8.97. The van der Waals surface area contributed by atoms with Crippen LogP contribution in [0.15, 0.2) is 21.9 Å². The molecule has 1 aliphatic rings. The monoisotopic (exact) mass is 381 g/mol. The molecule has 2 aromatic heterocycles. The fourth-order valence-corrected chi connectivity index (χ4v) is 5.84. The molecule has 0 radical (unpaired) electrons. The summed E-state index contributed by atoms with van der Waals surface area (Å²) in [5.41, 5.74) is 6.07. The van der Waals surface area contributed by atoms with Crippen molar-refractivity contribution in [2.75, 3.05) is 12.3 Å². The number of amides is 2. The minimum Gasteiger partial charge on any atom is -0.369 e. The van der Waals surface area contributed by atoms with Gasteiger partial charge in [-0.15, -0.1) is 22.7 Å². The topological polar surface area (TPSA) is 76.3 Å². The Hall–Kier alpha value is -1.38. The van der Waals surface area contributed by atoms with E-state index in [1.54, 1.807) is 11.3 Å². The van der Waals surface area contributed by atoms with Crippen LogP contribution in [0, 0.1) is 6.92 Å². The molecule has 1 saturated heterocycles. The first-order valence-electron chi connectivity index (χ1n) is 7.75. The molecule has 1 unspecified atom stereocenters. The Kier molecular flexibility index (Phi) is 5.57. The first-order valence-corrected chi connectivity index (χ1v) is 10.4. The number of thioether (sulfide) groups is 1. The maximum Gasteiger partial charge on any atom is 0.233 e. The van der Waals surface area contributed by atoms with E-state index in [1.807, 2.05) is 17.9 Å². The number of carbonyl (C=O) groups is 2. The molecule has 1 aliphatic heterocycles. The lowest BCUT2D eigenvalue weighted by Crippen LogP contribution is -2.31. The molecule has 1 fully saturated rings. The lowest BCUT2D eigenvalue weighted by molar-refractivity contribution is -0.129. The molecule has 24 heavy (non-hydrogen) atoms. The zero-order chi connectivity index (χ0) is 17.1. The molecule has 0 aliphatic carbocycles. The predicted molar refractivity (Wildman–Crippen MR) is 98.5 cm³/mol. The Labute approximate surface area is 153 Å². The van der Waals surface area contributed by atoms with Gasteiger partial charge in [0.2, 0.25) is 11.8 Å². The molecular formula is C16H19N3O2S3. The molecule has 8 heteroatoms. The lowest BCUT2D eigenvalue weighted by atomic mass is 10.2. The minimum atomic E-state index is -0.356. The van der Waals surface area contributed by atoms with E-state index >= 15 is 0 Å². The summed E-state index contributed by atoms with van der Waals surface area (Å²) in [7, 11) is 0. The van der Waals surface area contributed by atoms with Crippen molar-refractivity contribution in [3.63, 3.8) is 0 Å². The van der Waals surface area contributed by atoms with Crippen molar-refractivity contribution in [1.29, 1.82) is 0 Å². The summed E-state index contributed by atoms with van der Waals surface area (Å²) in [6.45, 7) is 2.69. The number of likely N-dealkylation sites (tertiary alicyclic amines) is 1. The quantitative estimate of drug-likeness (QED) is 0.781. The summed E-state index contributed by atoms with van der Waals surface area (Å²) in [5.74, 6) is 0.177. The van der Waals surface area contributed by atoms with E-state index in [9.17, 15) is 9.59 Å². The number of hydrogen-bond acceptors (Lipinski definition) is 6. The second kappa shape index (κ2) is 7.67. The van der Waals surface area contributed by atoms with Gasteiger partial charge < -0.3 is 10.6 Å². The number of nitrogens with two attached hydrogens (primary N) is 1. The Morgan fingerprint density at radius 2 is 2.33 bits per heavy atom. The van der Waals surface area contributed by atoms with Crippen LogP contribution >= 0.6 is 34.4 Å². The Bertz CT molecular complexity index is 727. The second-order valence-electron chi connectivity index (χ2n) is 5.68. The Balaban J connectivity index is 1.60. The summed E-state index contributed by atoms with van der Waals surface area (Å²) in [6.07, 6.45) is 2.30. The van der Waals surface area contributed by atoms with Crippen LogP contribution in [0.2, 0.25) is 0 Å². The van der Waals surface area contributed by atoms with Gasteiger partial charge in [-0.25, -0.2) is 4.98 Å². The average molecular weight is 382 g/mol. The van der Waals surface area contributed by atoms with E-state index < -0.39 is 0 Å². The molecule has 0 bridgehead atoms. The number of thiazole rings is 1. The van der Waals surface area contributed by atoms with Crippen LogP contribution in [0.5, 0.6) is 0 Å². The zero-order valence-electron chi connectivity index (χ0n) is 13.4. The minimum absolute atomic E-state index is 0.153. The van der Waals surface area contributed by atoms with E-state index in [2.05, 4.69) is 16.4 Å². The smallest absolute Gasteiger partial charge is 0.233 e. The highest BCUT2D eigenvalue weighted by molar-refractivity contribution is 8.01. The highest BCUT2D eigenvalue weighted by Gasteiger charge is 2.30. The number of hydrogen-bond donors (Lipinski definition) is 1. The Morgan fingerprint density at radius 3 is 3.04 bits per heavy atom. The molecule has 2 aromatic rings. The van der Waals surface area contributed by atoms with Crippen molar-refractivity contribution in [2.45, 2.75) is 36.6 Å². The number of carbonyl (C=O) groups excluding carboxylic acids is 2. The maximum absolute atomic E-state index is 12.6. The first-order chi connectivity index (χ1) is 11.5. The molecule has 2 amide bonds. The van der Waals surface area contributed by atoms with Gasteiger partial charge in [0, 0.05) is 16.3 Å². The third-order valence-corrected chi connectivity index (χ3v) is 7.23. The van der Waals surface area contributed by atoms with Crippen LogP contribution in [-0.4, -0.2) is 34.0 Å². The van der Waals surface area contributed by atoms with Gasteiger partial charge in [-0.2, -0.15) is 0 Å². The molecule has 0 aromatic carbocycles. The van der Waals surface area contributed by atoms with Gasteiger partial charge in [0.15, 0.2) is 4.34 Å². The molecule has 2 N–H and O–H groups in total. The number of thiophene rings is 1. The fourth-order valence-electron chi connectivity index (χ4n) is 2.83. The Morgan fingerprint density at radius 1 is 1.50 bits per heavy atom. The number of aromatic nitrogens is 1. The third-order valence-electron chi connectivity index (χ3n) is 3.97. The third kappa shape index (κ3) is 3.99. The van der Waals surface area contributed by atoms with Crippen LogP contribution in [0.3, 0.4) is 0 Å². The molecule has 128 valence electrons. The summed E-state index contributed by atoms with van der Waals surface area (Å²) in [5, 5.41) is 2.06. The SMILES string of the molecule is Cc1nc(SCC(=O)N2CCCC2c2cccs2)sc1CC(N)=O. The van der Waals surface area contributed by atoms with Gasteiger partial charge >= 0.3 is 0 Å². The van der Waals surface area contributed by atoms with Crippen molar-refractivity contribution in [3.05, 3.63) is 33.0 Å². The average Bonchev–Trinajstić information content (AvgIpc) is 3.25. The zero-order valence-corrected chi connectivity index (χ0v) is 15.8. The van der Waals surface area contributed by atoms with Crippen molar-refractivity contribution < 1.29 is 9.59 Å². The molecule has 1 atom stereocenters. The highest BCUT2D eigenvalue weighted by Crippen LogP contribution is 2.35. The van der Waals surface area contributed by atoms with Gasteiger partial charge in [0.25, 0.3) is 0 Å². The molecular weight excluding hydrogens is 362 g/mol. The fraction of sp³-hybridized carbons (Fsp3) is 0.438. The molecule has 3 rings (SSSR count). The summed E-state index contributed by atoms with van der Waals surface area (Å²) < 4.78 is 0.823. The molecule has 0 saturated carbocycles. The maximum atomic E-state index is 12.6. The van der Waals surface area contributed by atoms with Gasteiger partial charge in [0.05, 0.1) is 23.9 Å². The normalized spacial score (nSPS) is 17.4. The standard InChI is InChI=1S/C16H19N3O2S3/c1-10-13(8-14(17)20)24-16(18-10)23-9-15(21)19-6-2-4-11(19)12-5-3-7-22-12/h3,5,7,11H,2,4,6,8-9H2,1H3,(H2,17,20).